The SMILES string of the molecule is CNc1cc(-c2cn([C@H]3CCN(C)C3)c3ncccc23)nc2c(C(=O)N[C@H]3CC[C@@H]3OC)cnn12. The number of amides is 1. The number of anilines is 1. The van der Waals surface area contributed by atoms with Crippen molar-refractivity contribution in [2.45, 2.75) is 37.5 Å². The number of rotatable bonds is 6. The fraction of sp³-hybridized carbons (Fsp3) is 0.440. The number of hydrogen-bond acceptors (Lipinski definition) is 7. The monoisotopic (exact) mass is 474 g/mol. The van der Waals surface area contributed by atoms with E-state index in [1.54, 1.807) is 17.8 Å². The van der Waals surface area contributed by atoms with Crippen molar-refractivity contribution < 1.29 is 9.53 Å². The second kappa shape index (κ2) is 8.62. The molecule has 1 saturated heterocycles. The van der Waals surface area contributed by atoms with E-state index in [0.717, 1.165) is 60.5 Å². The summed E-state index contributed by atoms with van der Waals surface area (Å²) in [6, 6.07) is 6.40. The quantitative estimate of drug-likeness (QED) is 0.443. The Morgan fingerprint density at radius 1 is 1.23 bits per heavy atom. The summed E-state index contributed by atoms with van der Waals surface area (Å²) in [5.74, 6) is 0.574. The molecule has 10 nitrogen and oxygen atoms in total. The third-order valence-electron chi connectivity index (χ3n) is 7.43. The number of methoxy groups -OCH3 is 1. The van der Waals surface area contributed by atoms with Crippen LogP contribution in [0.1, 0.15) is 35.7 Å². The number of hydrogen-bond donors (Lipinski definition) is 2. The summed E-state index contributed by atoms with van der Waals surface area (Å²) >= 11 is 0. The zero-order valence-electron chi connectivity index (χ0n) is 20.2. The van der Waals surface area contributed by atoms with E-state index >= 15 is 0 Å². The number of ether oxygens (including phenoxy) is 1. The smallest absolute Gasteiger partial charge is 0.257 e. The van der Waals surface area contributed by atoms with Crippen molar-refractivity contribution in [3.8, 4) is 11.3 Å². The highest BCUT2D eigenvalue weighted by molar-refractivity contribution is 6.01. The number of nitrogens with zero attached hydrogens (tertiary/aromatic N) is 6. The number of nitrogens with one attached hydrogen (secondary N) is 2. The maximum atomic E-state index is 13.2. The number of likely N-dealkylation sites (tertiary alicyclic amines) is 1. The Morgan fingerprint density at radius 3 is 2.83 bits per heavy atom. The normalized spacial score (nSPS) is 22.5. The van der Waals surface area contributed by atoms with Gasteiger partial charge in [-0.25, -0.2) is 9.97 Å². The van der Waals surface area contributed by atoms with Crippen molar-refractivity contribution >= 4 is 28.4 Å². The van der Waals surface area contributed by atoms with Gasteiger partial charge < -0.3 is 24.8 Å². The molecule has 0 spiro atoms. The summed E-state index contributed by atoms with van der Waals surface area (Å²) in [5, 5.41) is 11.8. The van der Waals surface area contributed by atoms with Crippen LogP contribution in [0, 0.1) is 0 Å². The third kappa shape index (κ3) is 3.64. The zero-order valence-corrected chi connectivity index (χ0v) is 20.2. The number of fused-ring (bicyclic) bond motifs is 2. The molecule has 10 heteroatoms. The van der Waals surface area contributed by atoms with Gasteiger partial charge in [-0.1, -0.05) is 0 Å². The first-order valence-corrected chi connectivity index (χ1v) is 12.1. The average Bonchev–Trinajstić information content (AvgIpc) is 3.57. The Bertz CT molecular complexity index is 1410. The van der Waals surface area contributed by atoms with Crippen molar-refractivity contribution in [2.24, 2.45) is 0 Å². The molecule has 5 heterocycles. The van der Waals surface area contributed by atoms with Crippen LogP contribution in [-0.2, 0) is 4.74 Å². The molecule has 2 fully saturated rings. The minimum Gasteiger partial charge on any atom is -0.379 e. The molecule has 4 aromatic rings. The van der Waals surface area contributed by atoms with Gasteiger partial charge in [0, 0.05) is 56.2 Å². The molecule has 2 aliphatic rings. The molecule has 0 unspecified atom stereocenters. The van der Waals surface area contributed by atoms with E-state index < -0.39 is 0 Å². The number of aromatic nitrogens is 5. The minimum absolute atomic E-state index is 0.0167. The van der Waals surface area contributed by atoms with Crippen LogP contribution >= 0.6 is 0 Å². The standard InChI is InChI=1S/C25H30N8O2/c1-26-22-11-20(18-14-32(15-8-10-31(2)13-15)23-16(18)5-4-9-27-23)29-24-17(12-28-33(22)24)25(34)30-19-6-7-21(19)35-3/h4-5,9,11-12,14-15,19,21,26H,6-8,10,13H2,1-3H3,(H,30,34)/t15-,19-,21-/m0/s1. The fourth-order valence-corrected chi connectivity index (χ4v) is 5.31. The summed E-state index contributed by atoms with van der Waals surface area (Å²) in [6.45, 7) is 2.06. The fourth-order valence-electron chi connectivity index (χ4n) is 5.31. The van der Waals surface area contributed by atoms with Crippen molar-refractivity contribution in [1.82, 2.24) is 34.4 Å². The highest BCUT2D eigenvalue weighted by Gasteiger charge is 2.33. The molecule has 1 amide bonds. The van der Waals surface area contributed by atoms with Crippen LogP contribution in [0.2, 0.25) is 0 Å². The predicted molar refractivity (Wildman–Crippen MR) is 134 cm³/mol. The van der Waals surface area contributed by atoms with Crippen LogP contribution in [0.25, 0.3) is 27.9 Å². The third-order valence-corrected chi connectivity index (χ3v) is 7.43. The number of carbonyl (C=O) groups is 1. The summed E-state index contributed by atoms with van der Waals surface area (Å²) in [5.41, 5.74) is 3.69. The second-order valence-corrected chi connectivity index (χ2v) is 9.53. The predicted octanol–water partition coefficient (Wildman–Crippen LogP) is 2.57. The first-order chi connectivity index (χ1) is 17.1. The summed E-state index contributed by atoms with van der Waals surface area (Å²) < 4.78 is 9.40. The molecular formula is C25H30N8O2. The van der Waals surface area contributed by atoms with Gasteiger partial charge in [0.05, 0.1) is 24.0 Å². The van der Waals surface area contributed by atoms with E-state index in [2.05, 4.69) is 44.5 Å². The molecule has 1 aliphatic carbocycles. The Hall–Kier alpha value is -3.50. The molecule has 6 rings (SSSR count). The van der Waals surface area contributed by atoms with Gasteiger partial charge in [0.1, 0.15) is 17.0 Å². The van der Waals surface area contributed by atoms with E-state index in [9.17, 15) is 4.79 Å². The average molecular weight is 475 g/mol. The van der Waals surface area contributed by atoms with Gasteiger partial charge in [-0.15, -0.1) is 0 Å². The van der Waals surface area contributed by atoms with Crippen LogP contribution in [0.15, 0.2) is 36.8 Å². The molecule has 182 valence electrons. The van der Waals surface area contributed by atoms with E-state index in [0.29, 0.717) is 17.3 Å². The van der Waals surface area contributed by atoms with Crippen molar-refractivity contribution in [3.63, 3.8) is 0 Å². The summed E-state index contributed by atoms with van der Waals surface area (Å²) in [7, 11) is 5.68. The maximum absolute atomic E-state index is 13.2. The molecule has 3 atom stereocenters. The van der Waals surface area contributed by atoms with Gasteiger partial charge in [-0.05, 0) is 45.0 Å². The van der Waals surface area contributed by atoms with Crippen LogP contribution < -0.4 is 10.6 Å². The molecule has 4 aromatic heterocycles. The van der Waals surface area contributed by atoms with Crippen molar-refractivity contribution in [2.75, 3.05) is 39.6 Å². The Kier molecular flexibility index (Phi) is 5.42. The Morgan fingerprint density at radius 2 is 2.11 bits per heavy atom. The summed E-state index contributed by atoms with van der Waals surface area (Å²) in [4.78, 5) is 25.2. The summed E-state index contributed by atoms with van der Waals surface area (Å²) in [6.07, 6.45) is 8.59. The lowest BCUT2D eigenvalue weighted by molar-refractivity contribution is 0.00732. The molecule has 0 aromatic carbocycles. The zero-order chi connectivity index (χ0) is 24.1. The van der Waals surface area contributed by atoms with Gasteiger partial charge in [0.25, 0.3) is 5.91 Å². The van der Waals surface area contributed by atoms with Crippen molar-refractivity contribution in [3.05, 3.63) is 42.4 Å². The largest absolute Gasteiger partial charge is 0.379 e. The molecule has 0 radical (unpaired) electrons. The maximum Gasteiger partial charge on any atom is 0.257 e. The van der Waals surface area contributed by atoms with Crippen LogP contribution in [0.3, 0.4) is 0 Å². The van der Waals surface area contributed by atoms with Gasteiger partial charge >= 0.3 is 0 Å². The number of carbonyl (C=O) groups excluding carboxylic acids is 1. The first kappa shape index (κ1) is 22.0. The van der Waals surface area contributed by atoms with E-state index in [1.165, 1.54) is 0 Å². The van der Waals surface area contributed by atoms with Crippen LogP contribution in [0.5, 0.6) is 0 Å². The van der Waals surface area contributed by atoms with E-state index in [4.69, 9.17) is 14.7 Å². The molecule has 1 aliphatic heterocycles. The van der Waals surface area contributed by atoms with E-state index in [1.807, 2.05) is 25.4 Å². The molecule has 35 heavy (non-hydrogen) atoms. The number of likely N-dealkylation sites (N-methyl/N-ethyl adjacent to an activating group) is 1. The van der Waals surface area contributed by atoms with Gasteiger partial charge in [-0.2, -0.15) is 9.61 Å². The highest BCUT2D eigenvalue weighted by Crippen LogP contribution is 2.34. The molecule has 2 N–H and O–H groups in total. The van der Waals surface area contributed by atoms with E-state index in [-0.39, 0.29) is 18.1 Å². The lowest BCUT2D eigenvalue weighted by Gasteiger charge is -2.35. The first-order valence-electron chi connectivity index (χ1n) is 12.1. The number of pyridine rings is 1. The molecule has 0 bridgehead atoms. The lowest BCUT2D eigenvalue weighted by atomic mass is 9.89. The minimum atomic E-state index is -0.184. The lowest BCUT2D eigenvalue weighted by Crippen LogP contribution is -2.51. The molecular weight excluding hydrogens is 444 g/mol. The van der Waals surface area contributed by atoms with Crippen LogP contribution in [0.4, 0.5) is 5.82 Å². The Labute approximate surface area is 203 Å². The van der Waals surface area contributed by atoms with Gasteiger partial charge in [-0.3, -0.25) is 4.79 Å². The Balaban J connectivity index is 1.44. The molecule has 1 saturated carbocycles. The van der Waals surface area contributed by atoms with Gasteiger partial charge in [0.15, 0.2) is 5.65 Å². The highest BCUT2D eigenvalue weighted by atomic mass is 16.5. The topological polar surface area (TPSA) is 102 Å². The van der Waals surface area contributed by atoms with Gasteiger partial charge in [0.2, 0.25) is 0 Å². The second-order valence-electron chi connectivity index (χ2n) is 9.53. The van der Waals surface area contributed by atoms with Crippen molar-refractivity contribution in [1.29, 1.82) is 0 Å². The van der Waals surface area contributed by atoms with Crippen LogP contribution in [-0.4, -0.2) is 81.4 Å².